The van der Waals surface area contributed by atoms with Crippen molar-refractivity contribution in [2.45, 2.75) is 78.6 Å². The van der Waals surface area contributed by atoms with Crippen LogP contribution >= 0.6 is 0 Å². The molecule has 144 valence electrons. The molecule has 2 rings (SSSR count). The molecule has 1 atom stereocenters. The molecule has 0 saturated carbocycles. The van der Waals surface area contributed by atoms with E-state index in [1.54, 1.807) is 0 Å². The number of anilines is 1. The molecule has 1 aromatic carbocycles. The van der Waals surface area contributed by atoms with Crippen molar-refractivity contribution >= 4 is 5.69 Å². The predicted octanol–water partition coefficient (Wildman–Crippen LogP) is 6.07. The van der Waals surface area contributed by atoms with Crippen molar-refractivity contribution in [1.29, 1.82) is 0 Å². The summed E-state index contributed by atoms with van der Waals surface area (Å²) in [5, 5.41) is 0. The second-order valence-electron chi connectivity index (χ2n) is 10.3. The molecule has 4 N–H and O–H groups in total. The van der Waals surface area contributed by atoms with Crippen LogP contribution in [0.15, 0.2) is 42.1 Å². The van der Waals surface area contributed by atoms with E-state index in [-0.39, 0.29) is 16.2 Å². The van der Waals surface area contributed by atoms with E-state index in [4.69, 9.17) is 11.5 Å². The van der Waals surface area contributed by atoms with Crippen molar-refractivity contribution in [2.24, 2.45) is 17.1 Å². The van der Waals surface area contributed by atoms with Crippen molar-refractivity contribution in [2.75, 3.05) is 5.73 Å². The summed E-state index contributed by atoms with van der Waals surface area (Å²) in [6, 6.07) is 6.54. The Morgan fingerprint density at radius 3 is 2.08 bits per heavy atom. The maximum Gasteiger partial charge on any atom is 0.0390 e. The van der Waals surface area contributed by atoms with Gasteiger partial charge in [0, 0.05) is 11.4 Å². The Morgan fingerprint density at radius 2 is 1.54 bits per heavy atom. The van der Waals surface area contributed by atoms with Gasteiger partial charge in [-0.05, 0) is 58.6 Å². The second-order valence-corrected chi connectivity index (χ2v) is 10.3. The van der Waals surface area contributed by atoms with Crippen molar-refractivity contribution in [3.05, 3.63) is 53.3 Å². The van der Waals surface area contributed by atoms with E-state index >= 15 is 0 Å². The molecular weight excluding hydrogens is 316 g/mol. The molecule has 0 bridgehead atoms. The number of hydrogen-bond acceptors (Lipinski definition) is 2. The number of nitrogen functional groups attached to an aromatic ring is 1. The summed E-state index contributed by atoms with van der Waals surface area (Å²) in [5.41, 5.74) is 17.3. The molecule has 0 spiro atoms. The molecule has 2 nitrogen and oxygen atoms in total. The minimum atomic E-state index is 0.0514. The molecule has 0 radical (unpaired) electrons. The molecule has 0 heterocycles. The maximum absolute atomic E-state index is 6.62. The summed E-state index contributed by atoms with van der Waals surface area (Å²) >= 11 is 0. The Kier molecular flexibility index (Phi) is 5.66. The Labute approximate surface area is 160 Å². The van der Waals surface area contributed by atoms with Gasteiger partial charge in [-0.2, -0.15) is 0 Å². The molecule has 1 aliphatic rings. The minimum absolute atomic E-state index is 0.0514. The quantitative estimate of drug-likeness (QED) is 0.631. The highest BCUT2D eigenvalue weighted by molar-refractivity contribution is 5.59. The van der Waals surface area contributed by atoms with Gasteiger partial charge in [-0.15, -0.1) is 0 Å². The van der Waals surface area contributed by atoms with Gasteiger partial charge in [-0.1, -0.05) is 78.8 Å². The van der Waals surface area contributed by atoms with Gasteiger partial charge in [-0.3, -0.25) is 0 Å². The standard InChI is InChI=1S/C24H38N2/c1-22(2,3)19-9-8-10-20(21(19)26)24(6,7)16-15-23(4,5)17-11-13-18(25)14-12-17/h8-11,13-14,17H,12,15-16,25-26H2,1-7H3. The van der Waals surface area contributed by atoms with Gasteiger partial charge in [0.1, 0.15) is 0 Å². The average molecular weight is 355 g/mol. The van der Waals surface area contributed by atoms with E-state index in [2.05, 4.69) is 84.9 Å². The van der Waals surface area contributed by atoms with Gasteiger partial charge < -0.3 is 11.5 Å². The fourth-order valence-electron chi connectivity index (χ4n) is 3.98. The van der Waals surface area contributed by atoms with Crippen LogP contribution in [0.5, 0.6) is 0 Å². The topological polar surface area (TPSA) is 52.0 Å². The number of rotatable bonds is 5. The number of hydrogen-bond donors (Lipinski definition) is 2. The molecule has 0 aliphatic heterocycles. The first-order chi connectivity index (χ1) is 11.8. The first-order valence-electron chi connectivity index (χ1n) is 9.88. The Balaban J connectivity index is 2.18. The van der Waals surface area contributed by atoms with E-state index in [9.17, 15) is 0 Å². The molecule has 0 aromatic heterocycles. The van der Waals surface area contributed by atoms with Crippen LogP contribution in [0.25, 0.3) is 0 Å². The summed E-state index contributed by atoms with van der Waals surface area (Å²) in [6.07, 6.45) is 9.81. The third kappa shape index (κ3) is 4.52. The molecule has 1 aliphatic carbocycles. The van der Waals surface area contributed by atoms with Crippen molar-refractivity contribution in [3.63, 3.8) is 0 Å². The highest BCUT2D eigenvalue weighted by atomic mass is 14.6. The number of allylic oxidation sites excluding steroid dienone is 3. The van der Waals surface area contributed by atoms with Gasteiger partial charge in [0.15, 0.2) is 0 Å². The lowest BCUT2D eigenvalue weighted by molar-refractivity contribution is 0.212. The van der Waals surface area contributed by atoms with Gasteiger partial charge in [0.05, 0.1) is 0 Å². The number of benzene rings is 1. The lowest BCUT2D eigenvalue weighted by atomic mass is 9.68. The fraction of sp³-hybridized carbons (Fsp3) is 0.583. The van der Waals surface area contributed by atoms with Gasteiger partial charge in [0.25, 0.3) is 0 Å². The van der Waals surface area contributed by atoms with Crippen LogP contribution in [-0.4, -0.2) is 0 Å². The monoisotopic (exact) mass is 354 g/mol. The lowest BCUT2D eigenvalue weighted by Gasteiger charge is -2.37. The maximum atomic E-state index is 6.62. The molecule has 0 amide bonds. The zero-order valence-corrected chi connectivity index (χ0v) is 17.8. The SMILES string of the molecule is CC(C)(C)c1cccc(C(C)(C)CCC(C)(C)C2C=CC(N)=CC2)c1N. The fourth-order valence-corrected chi connectivity index (χ4v) is 3.98. The normalized spacial score (nSPS) is 18.7. The molecule has 1 aromatic rings. The predicted molar refractivity (Wildman–Crippen MR) is 115 cm³/mol. The highest BCUT2D eigenvalue weighted by Crippen LogP contribution is 2.43. The van der Waals surface area contributed by atoms with Crippen molar-refractivity contribution in [3.8, 4) is 0 Å². The average Bonchev–Trinajstić information content (AvgIpc) is 2.52. The Hall–Kier alpha value is -1.70. The van der Waals surface area contributed by atoms with Crippen LogP contribution in [0.4, 0.5) is 5.69 Å². The van der Waals surface area contributed by atoms with Crippen LogP contribution in [0.2, 0.25) is 0 Å². The van der Waals surface area contributed by atoms with Gasteiger partial charge in [-0.25, -0.2) is 0 Å². The van der Waals surface area contributed by atoms with E-state index in [1.807, 2.05) is 0 Å². The van der Waals surface area contributed by atoms with Crippen molar-refractivity contribution < 1.29 is 0 Å². The Morgan fingerprint density at radius 1 is 0.923 bits per heavy atom. The van der Waals surface area contributed by atoms with E-state index in [0.29, 0.717) is 5.92 Å². The zero-order valence-electron chi connectivity index (χ0n) is 17.8. The summed E-state index contributed by atoms with van der Waals surface area (Å²) < 4.78 is 0. The largest absolute Gasteiger partial charge is 0.399 e. The molecule has 26 heavy (non-hydrogen) atoms. The zero-order chi connectivity index (χ0) is 19.8. The molecule has 0 saturated heterocycles. The third-order valence-corrected chi connectivity index (χ3v) is 6.17. The summed E-state index contributed by atoms with van der Waals surface area (Å²) in [7, 11) is 0. The second kappa shape index (κ2) is 7.13. The van der Waals surface area contributed by atoms with Crippen LogP contribution in [0.1, 0.15) is 78.9 Å². The molecule has 1 unspecified atom stereocenters. The van der Waals surface area contributed by atoms with E-state index in [0.717, 1.165) is 30.6 Å². The van der Waals surface area contributed by atoms with E-state index in [1.165, 1.54) is 11.1 Å². The van der Waals surface area contributed by atoms with Crippen molar-refractivity contribution in [1.82, 2.24) is 0 Å². The van der Waals surface area contributed by atoms with Crippen LogP contribution in [0.3, 0.4) is 0 Å². The lowest BCUT2D eigenvalue weighted by Crippen LogP contribution is -2.28. The number of para-hydroxylation sites is 1. The molecular formula is C24H38N2. The van der Waals surface area contributed by atoms with Crippen LogP contribution in [-0.2, 0) is 10.8 Å². The van der Waals surface area contributed by atoms with Crippen LogP contribution in [0, 0.1) is 11.3 Å². The summed E-state index contributed by atoms with van der Waals surface area (Å²) in [4.78, 5) is 0. The van der Waals surface area contributed by atoms with Gasteiger partial charge >= 0.3 is 0 Å². The van der Waals surface area contributed by atoms with Crippen LogP contribution < -0.4 is 11.5 Å². The minimum Gasteiger partial charge on any atom is -0.399 e. The summed E-state index contributed by atoms with van der Waals surface area (Å²) in [5.74, 6) is 0.545. The summed E-state index contributed by atoms with van der Waals surface area (Å²) in [6.45, 7) is 16.1. The first kappa shape index (κ1) is 20.6. The smallest absolute Gasteiger partial charge is 0.0390 e. The molecule has 0 fully saturated rings. The first-order valence-corrected chi connectivity index (χ1v) is 9.88. The third-order valence-electron chi connectivity index (χ3n) is 6.17. The highest BCUT2D eigenvalue weighted by Gasteiger charge is 2.33. The van der Waals surface area contributed by atoms with Gasteiger partial charge in [0.2, 0.25) is 0 Å². The Bertz CT molecular complexity index is 699. The number of nitrogens with two attached hydrogens (primary N) is 2. The van der Waals surface area contributed by atoms with E-state index < -0.39 is 0 Å². The molecule has 2 heteroatoms.